The Morgan fingerprint density at radius 2 is 2.00 bits per heavy atom. The number of aromatic nitrogens is 2. The molecule has 3 rings (SSSR count). The molecule has 2 heterocycles. The molecule has 0 saturated heterocycles. The number of pyridine rings is 1. The Hall–Kier alpha value is -3.15. The lowest BCUT2D eigenvalue weighted by Crippen LogP contribution is -2.26. The summed E-state index contributed by atoms with van der Waals surface area (Å²) in [5.74, 6) is 1.24. The van der Waals surface area contributed by atoms with Gasteiger partial charge in [0.15, 0.2) is 5.76 Å². The Kier molecular flexibility index (Phi) is 5.09. The fraction of sp³-hybridized carbons (Fsp3) is 0.211. The molecule has 0 aliphatic heterocycles. The van der Waals surface area contributed by atoms with Crippen LogP contribution in [0.5, 0.6) is 0 Å². The van der Waals surface area contributed by atoms with Crippen molar-refractivity contribution in [3.05, 3.63) is 66.1 Å². The molecule has 6 heteroatoms. The third kappa shape index (κ3) is 4.03. The molecule has 0 saturated carbocycles. The zero-order valence-electron chi connectivity index (χ0n) is 14.2. The van der Waals surface area contributed by atoms with E-state index in [1.54, 1.807) is 18.3 Å². The normalized spacial score (nSPS) is 11.8. The third-order valence-electron chi connectivity index (χ3n) is 3.75. The number of carbonyl (C=O) groups excluding carboxylic acids is 1. The predicted octanol–water partition coefficient (Wildman–Crippen LogP) is 3.66. The van der Waals surface area contributed by atoms with Gasteiger partial charge in [-0.3, -0.25) is 4.79 Å². The molecule has 0 bridgehead atoms. The van der Waals surface area contributed by atoms with E-state index in [-0.39, 0.29) is 11.9 Å². The van der Waals surface area contributed by atoms with Gasteiger partial charge in [0.05, 0.1) is 6.04 Å². The van der Waals surface area contributed by atoms with Gasteiger partial charge in [0, 0.05) is 29.9 Å². The van der Waals surface area contributed by atoms with E-state index in [4.69, 9.17) is 4.52 Å². The molecule has 1 amide bonds. The van der Waals surface area contributed by atoms with Crippen molar-refractivity contribution in [3.8, 4) is 11.3 Å². The van der Waals surface area contributed by atoms with E-state index in [0.717, 1.165) is 17.9 Å². The van der Waals surface area contributed by atoms with Crippen LogP contribution in [0.4, 0.5) is 5.82 Å². The topological polar surface area (TPSA) is 80.0 Å². The zero-order valence-corrected chi connectivity index (χ0v) is 14.2. The molecule has 1 aromatic carbocycles. The minimum atomic E-state index is -0.288. The zero-order chi connectivity index (χ0) is 17.6. The molecule has 1 atom stereocenters. The molecule has 2 N–H and O–H groups in total. The number of nitrogens with zero attached hydrogens (tertiary/aromatic N) is 2. The molecular formula is C19H20N4O2. The number of carbonyl (C=O) groups is 1. The second-order valence-corrected chi connectivity index (χ2v) is 5.64. The molecule has 0 fully saturated rings. The molecule has 128 valence electrons. The number of anilines is 1. The van der Waals surface area contributed by atoms with Crippen molar-refractivity contribution >= 4 is 11.7 Å². The number of hydrogen-bond acceptors (Lipinski definition) is 5. The van der Waals surface area contributed by atoms with E-state index in [9.17, 15) is 4.79 Å². The van der Waals surface area contributed by atoms with Crippen LogP contribution >= 0.6 is 0 Å². The summed E-state index contributed by atoms with van der Waals surface area (Å²) in [5, 5.41) is 10.2. The van der Waals surface area contributed by atoms with Gasteiger partial charge in [0.2, 0.25) is 0 Å². The second-order valence-electron chi connectivity index (χ2n) is 5.64. The largest absolute Gasteiger partial charge is 0.370 e. The highest BCUT2D eigenvalue weighted by molar-refractivity contribution is 5.94. The Morgan fingerprint density at radius 3 is 2.76 bits per heavy atom. The van der Waals surface area contributed by atoms with Crippen LogP contribution in [0.15, 0.2) is 59.3 Å². The Bertz CT molecular complexity index is 845. The summed E-state index contributed by atoms with van der Waals surface area (Å²) in [6.45, 7) is 4.67. The monoisotopic (exact) mass is 336 g/mol. The van der Waals surface area contributed by atoms with Gasteiger partial charge in [0.1, 0.15) is 11.5 Å². The molecule has 0 radical (unpaired) electrons. The van der Waals surface area contributed by atoms with Crippen LogP contribution in [0.1, 0.15) is 36.0 Å². The molecule has 0 spiro atoms. The van der Waals surface area contributed by atoms with Gasteiger partial charge >= 0.3 is 0 Å². The number of benzene rings is 1. The minimum Gasteiger partial charge on any atom is -0.370 e. The summed E-state index contributed by atoms with van der Waals surface area (Å²) in [4.78, 5) is 16.5. The van der Waals surface area contributed by atoms with E-state index < -0.39 is 0 Å². The van der Waals surface area contributed by atoms with Crippen LogP contribution in [0.25, 0.3) is 11.3 Å². The molecule has 0 aliphatic carbocycles. The first-order valence-electron chi connectivity index (χ1n) is 8.20. The first-order chi connectivity index (χ1) is 12.2. The molecule has 0 unspecified atom stereocenters. The highest BCUT2D eigenvalue weighted by Crippen LogP contribution is 2.24. The fourth-order valence-electron chi connectivity index (χ4n) is 2.44. The number of rotatable bonds is 6. The third-order valence-corrected chi connectivity index (χ3v) is 3.75. The molecular weight excluding hydrogens is 316 g/mol. The smallest absolute Gasteiger partial charge is 0.251 e. The molecule has 0 aliphatic rings. The van der Waals surface area contributed by atoms with Crippen LogP contribution in [0, 0.1) is 0 Å². The van der Waals surface area contributed by atoms with Crippen molar-refractivity contribution in [1.82, 2.24) is 15.5 Å². The highest BCUT2D eigenvalue weighted by atomic mass is 16.5. The Balaban J connectivity index is 1.72. The lowest BCUT2D eigenvalue weighted by atomic mass is 10.1. The van der Waals surface area contributed by atoms with Gasteiger partial charge in [0.25, 0.3) is 5.91 Å². The summed E-state index contributed by atoms with van der Waals surface area (Å²) in [6.07, 6.45) is 1.72. The van der Waals surface area contributed by atoms with E-state index in [0.29, 0.717) is 17.0 Å². The molecule has 2 aromatic heterocycles. The first-order valence-corrected chi connectivity index (χ1v) is 8.20. The van der Waals surface area contributed by atoms with Gasteiger partial charge < -0.3 is 15.2 Å². The molecule has 3 aromatic rings. The van der Waals surface area contributed by atoms with Crippen molar-refractivity contribution in [2.45, 2.75) is 19.9 Å². The lowest BCUT2D eigenvalue weighted by molar-refractivity contribution is 0.0934. The van der Waals surface area contributed by atoms with Gasteiger partial charge in [-0.2, -0.15) is 0 Å². The number of nitrogens with one attached hydrogen (secondary N) is 2. The summed E-state index contributed by atoms with van der Waals surface area (Å²) >= 11 is 0. The molecule has 6 nitrogen and oxygen atoms in total. The number of hydrogen-bond donors (Lipinski definition) is 2. The second kappa shape index (κ2) is 7.61. The van der Waals surface area contributed by atoms with Crippen molar-refractivity contribution in [3.63, 3.8) is 0 Å². The summed E-state index contributed by atoms with van der Waals surface area (Å²) in [5.41, 5.74) is 2.22. The molecule has 25 heavy (non-hydrogen) atoms. The van der Waals surface area contributed by atoms with Gasteiger partial charge in [-0.25, -0.2) is 4.98 Å². The van der Waals surface area contributed by atoms with Crippen molar-refractivity contribution in [1.29, 1.82) is 0 Å². The fourth-order valence-corrected chi connectivity index (χ4v) is 2.44. The van der Waals surface area contributed by atoms with E-state index in [1.165, 1.54) is 0 Å². The maximum absolute atomic E-state index is 12.2. The SMILES string of the molecule is CCNc1cc(-c2cc([C@H](C)NC(=O)c3ccccc3)on2)ccn1. The van der Waals surface area contributed by atoms with Crippen LogP contribution in [0.2, 0.25) is 0 Å². The average Bonchev–Trinajstić information content (AvgIpc) is 3.13. The van der Waals surface area contributed by atoms with Gasteiger partial charge in [-0.05, 0) is 38.1 Å². The Morgan fingerprint density at radius 1 is 1.20 bits per heavy atom. The summed E-state index contributed by atoms with van der Waals surface area (Å²) in [7, 11) is 0. The van der Waals surface area contributed by atoms with Gasteiger partial charge in [-0.1, -0.05) is 23.4 Å². The summed E-state index contributed by atoms with van der Waals surface area (Å²) in [6, 6.07) is 14.4. The standard InChI is InChI=1S/C19H20N4O2/c1-3-20-18-11-15(9-10-21-18)16-12-17(25-23-16)13(2)22-19(24)14-7-5-4-6-8-14/h4-13H,3H2,1-2H3,(H,20,21)(H,22,24)/t13-/m0/s1. The minimum absolute atomic E-state index is 0.149. The average molecular weight is 336 g/mol. The van der Waals surface area contributed by atoms with Crippen LogP contribution < -0.4 is 10.6 Å². The number of amides is 1. The van der Waals surface area contributed by atoms with E-state index in [2.05, 4.69) is 20.8 Å². The van der Waals surface area contributed by atoms with Crippen LogP contribution in [-0.4, -0.2) is 22.6 Å². The summed E-state index contributed by atoms with van der Waals surface area (Å²) < 4.78 is 5.41. The maximum Gasteiger partial charge on any atom is 0.251 e. The predicted molar refractivity (Wildman–Crippen MR) is 96.2 cm³/mol. The first kappa shape index (κ1) is 16.7. The van der Waals surface area contributed by atoms with Crippen molar-refractivity contribution in [2.24, 2.45) is 0 Å². The highest BCUT2D eigenvalue weighted by Gasteiger charge is 2.16. The van der Waals surface area contributed by atoms with E-state index >= 15 is 0 Å². The lowest BCUT2D eigenvalue weighted by Gasteiger charge is -2.10. The quantitative estimate of drug-likeness (QED) is 0.718. The van der Waals surface area contributed by atoms with Crippen LogP contribution in [-0.2, 0) is 0 Å². The Labute approximate surface area is 146 Å². The van der Waals surface area contributed by atoms with Gasteiger partial charge in [-0.15, -0.1) is 0 Å². The van der Waals surface area contributed by atoms with Crippen molar-refractivity contribution < 1.29 is 9.32 Å². The van der Waals surface area contributed by atoms with E-state index in [1.807, 2.05) is 50.2 Å². The maximum atomic E-state index is 12.2. The van der Waals surface area contributed by atoms with Crippen molar-refractivity contribution in [2.75, 3.05) is 11.9 Å². The van der Waals surface area contributed by atoms with Crippen LogP contribution in [0.3, 0.4) is 0 Å².